The van der Waals surface area contributed by atoms with Crippen LogP contribution < -0.4 is 5.73 Å². The summed E-state index contributed by atoms with van der Waals surface area (Å²) in [6.07, 6.45) is 4.63. The lowest BCUT2D eigenvalue weighted by molar-refractivity contribution is -0.127. The average molecular weight is 386 g/mol. The molecule has 0 aliphatic carbocycles. The quantitative estimate of drug-likeness (QED) is 0.639. The summed E-state index contributed by atoms with van der Waals surface area (Å²) in [5.74, 6) is -0.0561. The van der Waals surface area contributed by atoms with Gasteiger partial charge in [0.15, 0.2) is 0 Å². The number of rotatable bonds is 4. The Kier molecular flexibility index (Phi) is 5.59. The summed E-state index contributed by atoms with van der Waals surface area (Å²) in [6.45, 7) is 4.76. The van der Waals surface area contributed by atoms with Crippen molar-refractivity contribution in [1.82, 2.24) is 4.90 Å². The first kappa shape index (κ1) is 18.4. The molecule has 2 heterocycles. The summed E-state index contributed by atoms with van der Waals surface area (Å²) in [4.78, 5) is 19.6. The average Bonchev–Trinajstić information content (AvgIpc) is 3.04. The second kappa shape index (κ2) is 7.89. The zero-order valence-corrected chi connectivity index (χ0v) is 16.1. The van der Waals surface area contributed by atoms with Crippen LogP contribution in [0.5, 0.6) is 0 Å². The molecule has 3 rings (SSSR count). The topological polar surface area (TPSA) is 58.7 Å². The molecule has 1 aromatic carbocycles. The van der Waals surface area contributed by atoms with E-state index in [2.05, 4.69) is 17.6 Å². The molecule has 0 radical (unpaired) electrons. The number of nitrogens with two attached hydrogens (primary N) is 1. The number of carbonyl (C=O) groups excluding carboxylic acids is 1. The van der Waals surface area contributed by atoms with Crippen molar-refractivity contribution in [3.05, 3.63) is 81.2 Å². The molecule has 1 aromatic heterocycles. The minimum Gasteiger partial charge on any atom is -0.405 e. The molecule has 1 amide bonds. The smallest absolute Gasteiger partial charge is 0.246 e. The predicted molar refractivity (Wildman–Crippen MR) is 109 cm³/mol. The number of hydrogen-bond donors (Lipinski definition) is 1. The third-order valence-corrected chi connectivity index (χ3v) is 5.78. The molecule has 4 nitrogen and oxygen atoms in total. The number of benzene rings is 1. The molecular weight excluding hydrogens is 366 g/mol. The van der Waals surface area contributed by atoms with Crippen LogP contribution in [0.15, 0.2) is 60.3 Å². The van der Waals surface area contributed by atoms with Crippen LogP contribution in [0.25, 0.3) is 0 Å². The van der Waals surface area contributed by atoms with E-state index in [4.69, 9.17) is 17.3 Å². The number of hydrogen-bond acceptors (Lipinski definition) is 4. The molecule has 0 fully saturated rings. The maximum absolute atomic E-state index is 12.3. The molecule has 6 heteroatoms. The number of allylic oxidation sites excluding steroid dienone is 1. The van der Waals surface area contributed by atoms with Gasteiger partial charge in [-0.2, -0.15) is 0 Å². The molecule has 2 aromatic rings. The Morgan fingerprint density at radius 2 is 2.19 bits per heavy atom. The van der Waals surface area contributed by atoms with Gasteiger partial charge in [-0.25, -0.2) is 0 Å². The van der Waals surface area contributed by atoms with Crippen molar-refractivity contribution < 1.29 is 4.79 Å². The van der Waals surface area contributed by atoms with E-state index in [1.54, 1.807) is 13.1 Å². The number of fused-ring (bicyclic) bond motifs is 1. The van der Waals surface area contributed by atoms with Gasteiger partial charge < -0.3 is 10.6 Å². The fourth-order valence-corrected chi connectivity index (χ4v) is 4.71. The predicted octanol–water partition coefficient (Wildman–Crippen LogP) is 3.95. The zero-order chi connectivity index (χ0) is 18.7. The maximum atomic E-state index is 12.3. The summed E-state index contributed by atoms with van der Waals surface area (Å²) in [7, 11) is 1.74. The van der Waals surface area contributed by atoms with Crippen molar-refractivity contribution in [1.29, 1.82) is 0 Å². The van der Waals surface area contributed by atoms with Crippen LogP contribution >= 0.6 is 22.9 Å². The Morgan fingerprint density at radius 1 is 1.42 bits per heavy atom. The first-order valence-corrected chi connectivity index (χ1v) is 9.42. The Bertz CT molecular complexity index is 900. The van der Waals surface area contributed by atoms with E-state index in [1.165, 1.54) is 29.2 Å². The Balaban J connectivity index is 2.13. The molecule has 0 bridgehead atoms. The monoisotopic (exact) mass is 385 g/mol. The molecule has 26 heavy (non-hydrogen) atoms. The van der Waals surface area contributed by atoms with Crippen molar-refractivity contribution in [3.63, 3.8) is 0 Å². The van der Waals surface area contributed by atoms with Crippen LogP contribution in [-0.2, 0) is 11.3 Å². The summed E-state index contributed by atoms with van der Waals surface area (Å²) in [5, 5.41) is 0. The molecule has 1 aliphatic rings. The Labute approximate surface area is 162 Å². The summed E-state index contributed by atoms with van der Waals surface area (Å²) < 4.78 is 0.733. The van der Waals surface area contributed by atoms with E-state index < -0.39 is 0 Å². The van der Waals surface area contributed by atoms with Gasteiger partial charge in [-0.1, -0.05) is 42.4 Å². The van der Waals surface area contributed by atoms with E-state index in [9.17, 15) is 4.79 Å². The molecule has 1 atom stereocenters. The minimum absolute atomic E-state index is 0.0190. The summed E-state index contributed by atoms with van der Waals surface area (Å²) in [6, 6.07) is 10.1. The van der Waals surface area contributed by atoms with E-state index in [1.807, 2.05) is 29.2 Å². The fraction of sp³-hybridized carbons (Fsp3) is 0.200. The van der Waals surface area contributed by atoms with Crippen LogP contribution in [0.2, 0.25) is 4.34 Å². The zero-order valence-electron chi connectivity index (χ0n) is 14.5. The molecule has 0 saturated heterocycles. The second-order valence-electron chi connectivity index (χ2n) is 5.96. The Hall–Kier alpha value is -2.37. The van der Waals surface area contributed by atoms with Crippen molar-refractivity contribution in [3.8, 4) is 0 Å². The van der Waals surface area contributed by atoms with Gasteiger partial charge in [-0.05, 0) is 35.5 Å². The first-order chi connectivity index (χ1) is 12.6. The van der Waals surface area contributed by atoms with E-state index >= 15 is 0 Å². The standard InChI is InChI=1S/C20H20ClN3OS/c1-3-20(25)24-11-16(15-10-19(21)26-18(15)12-24)13-6-4-5-7-14(13)17(23-2)8-9-22/h3-10,16H,1,11-12,22H2,2H3/t16-/m0/s1. The highest BCUT2D eigenvalue weighted by Gasteiger charge is 2.31. The van der Waals surface area contributed by atoms with Gasteiger partial charge in [0.05, 0.1) is 16.6 Å². The third kappa shape index (κ3) is 3.45. The number of aliphatic imine (C=N–C) groups is 1. The number of carbonyl (C=O) groups is 1. The van der Waals surface area contributed by atoms with Crippen molar-refractivity contribution in [2.45, 2.75) is 12.5 Å². The number of halogens is 1. The number of amides is 1. The van der Waals surface area contributed by atoms with Crippen molar-refractivity contribution in [2.75, 3.05) is 13.6 Å². The SMILES string of the molecule is C=CC(=O)N1Cc2sc(Cl)cc2[C@H](c2ccccc2C(C=CN)=NC)C1. The highest BCUT2D eigenvalue weighted by atomic mass is 35.5. The lowest BCUT2D eigenvalue weighted by Crippen LogP contribution is -2.37. The molecule has 0 spiro atoms. The summed E-state index contributed by atoms with van der Waals surface area (Å²) in [5.41, 5.74) is 9.67. The number of thiophene rings is 1. The van der Waals surface area contributed by atoms with Gasteiger partial charge in [0.1, 0.15) is 0 Å². The molecule has 0 unspecified atom stereocenters. The second-order valence-corrected chi connectivity index (χ2v) is 7.73. The van der Waals surface area contributed by atoms with Crippen LogP contribution in [-0.4, -0.2) is 30.1 Å². The highest BCUT2D eigenvalue weighted by Crippen LogP contribution is 2.41. The fourth-order valence-electron chi connectivity index (χ4n) is 3.36. The first-order valence-electron chi connectivity index (χ1n) is 8.22. The van der Waals surface area contributed by atoms with Gasteiger partial charge in [0, 0.05) is 30.0 Å². The lowest BCUT2D eigenvalue weighted by Gasteiger charge is -2.33. The number of nitrogens with zero attached hydrogens (tertiary/aromatic N) is 2. The van der Waals surface area contributed by atoms with Crippen molar-refractivity contribution in [2.24, 2.45) is 10.7 Å². The highest BCUT2D eigenvalue weighted by molar-refractivity contribution is 7.16. The van der Waals surface area contributed by atoms with Gasteiger partial charge in [0.25, 0.3) is 0 Å². The van der Waals surface area contributed by atoms with Crippen LogP contribution in [0.1, 0.15) is 27.5 Å². The van der Waals surface area contributed by atoms with Gasteiger partial charge in [-0.3, -0.25) is 9.79 Å². The van der Waals surface area contributed by atoms with Crippen LogP contribution in [0.3, 0.4) is 0 Å². The summed E-state index contributed by atoms with van der Waals surface area (Å²) >= 11 is 7.81. The van der Waals surface area contributed by atoms with Crippen LogP contribution in [0, 0.1) is 0 Å². The largest absolute Gasteiger partial charge is 0.405 e. The lowest BCUT2D eigenvalue weighted by atomic mass is 9.84. The van der Waals surface area contributed by atoms with E-state index in [0.717, 1.165) is 26.1 Å². The van der Waals surface area contributed by atoms with E-state index in [0.29, 0.717) is 13.1 Å². The third-order valence-electron chi connectivity index (χ3n) is 4.52. The Morgan fingerprint density at radius 3 is 2.88 bits per heavy atom. The molecule has 134 valence electrons. The normalized spacial score (nSPS) is 17.4. The van der Waals surface area contributed by atoms with Crippen LogP contribution in [0.4, 0.5) is 0 Å². The molecule has 1 aliphatic heterocycles. The molecule has 2 N–H and O–H groups in total. The van der Waals surface area contributed by atoms with Crippen molar-refractivity contribution >= 4 is 34.6 Å². The maximum Gasteiger partial charge on any atom is 0.246 e. The minimum atomic E-state index is -0.0751. The van der Waals surface area contributed by atoms with Gasteiger partial charge in [0.2, 0.25) is 5.91 Å². The molecule has 0 saturated carbocycles. The van der Waals surface area contributed by atoms with Gasteiger partial charge in [-0.15, -0.1) is 11.3 Å². The van der Waals surface area contributed by atoms with E-state index in [-0.39, 0.29) is 11.8 Å². The molecular formula is C20H20ClN3OS. The van der Waals surface area contributed by atoms with Gasteiger partial charge >= 0.3 is 0 Å².